The summed E-state index contributed by atoms with van der Waals surface area (Å²) in [6.07, 6.45) is 0. The molecule has 7 heteroatoms. The molecular formula is C8H9N5O2. The lowest BCUT2D eigenvalue weighted by molar-refractivity contribution is -0.111. The standard InChI is InChI=1S/C8H9N5O2/c1-3(14)4-2-10-6-5(11-4)7(15)13-8(9)12-6/h2H2,1H3,(H4,9,10,12,13,15). The Labute approximate surface area is 84.4 Å². The van der Waals surface area contributed by atoms with Gasteiger partial charge in [-0.25, -0.2) is 4.99 Å². The number of ketones is 1. The van der Waals surface area contributed by atoms with Crippen LogP contribution < -0.4 is 16.6 Å². The molecule has 15 heavy (non-hydrogen) atoms. The van der Waals surface area contributed by atoms with Gasteiger partial charge in [-0.2, -0.15) is 4.98 Å². The molecule has 0 saturated carbocycles. The molecule has 4 N–H and O–H groups in total. The zero-order valence-corrected chi connectivity index (χ0v) is 8.00. The normalized spacial score (nSPS) is 13.8. The van der Waals surface area contributed by atoms with Gasteiger partial charge in [-0.3, -0.25) is 14.6 Å². The minimum atomic E-state index is -0.455. The van der Waals surface area contributed by atoms with Gasteiger partial charge in [0.2, 0.25) is 5.95 Å². The molecule has 0 atom stereocenters. The van der Waals surface area contributed by atoms with Gasteiger partial charge in [-0.1, -0.05) is 0 Å². The molecule has 1 aromatic heterocycles. The molecule has 0 unspecified atom stereocenters. The van der Waals surface area contributed by atoms with E-state index >= 15 is 0 Å². The third kappa shape index (κ3) is 1.58. The number of hydrogen-bond donors (Lipinski definition) is 3. The number of aliphatic imine (C=N–C) groups is 1. The Balaban J connectivity index is 2.60. The lowest BCUT2D eigenvalue weighted by Crippen LogP contribution is -2.27. The van der Waals surface area contributed by atoms with E-state index in [2.05, 4.69) is 20.3 Å². The highest BCUT2D eigenvalue weighted by Crippen LogP contribution is 2.21. The zero-order valence-electron chi connectivity index (χ0n) is 8.00. The molecule has 7 nitrogen and oxygen atoms in total. The summed E-state index contributed by atoms with van der Waals surface area (Å²) in [5, 5.41) is 2.81. The van der Waals surface area contributed by atoms with Gasteiger partial charge in [0.15, 0.2) is 17.3 Å². The van der Waals surface area contributed by atoms with Crippen LogP contribution in [0, 0.1) is 0 Å². The number of nitrogens with one attached hydrogen (secondary N) is 2. The average Bonchev–Trinajstić information content (AvgIpc) is 2.16. The maximum atomic E-state index is 11.4. The fourth-order valence-electron chi connectivity index (χ4n) is 1.26. The Morgan fingerprint density at radius 2 is 2.27 bits per heavy atom. The molecule has 0 aliphatic carbocycles. The third-order valence-electron chi connectivity index (χ3n) is 1.99. The minimum absolute atomic E-state index is 0.0210. The predicted molar refractivity (Wildman–Crippen MR) is 55.5 cm³/mol. The van der Waals surface area contributed by atoms with Crippen LogP contribution in [-0.2, 0) is 4.79 Å². The molecule has 0 amide bonds. The fourth-order valence-corrected chi connectivity index (χ4v) is 1.26. The molecule has 0 radical (unpaired) electrons. The van der Waals surface area contributed by atoms with E-state index in [1.807, 2.05) is 0 Å². The Bertz CT molecular complexity index is 516. The van der Waals surface area contributed by atoms with Crippen molar-refractivity contribution in [3.05, 3.63) is 10.4 Å². The molecule has 2 rings (SSSR count). The van der Waals surface area contributed by atoms with Gasteiger partial charge in [0.1, 0.15) is 5.71 Å². The fraction of sp³-hybridized carbons (Fsp3) is 0.250. The van der Waals surface area contributed by atoms with Crippen molar-refractivity contribution in [2.75, 3.05) is 17.6 Å². The number of carbonyl (C=O) groups is 1. The van der Waals surface area contributed by atoms with Crippen LogP contribution in [0.25, 0.3) is 0 Å². The van der Waals surface area contributed by atoms with Gasteiger partial charge >= 0.3 is 0 Å². The quantitative estimate of drug-likeness (QED) is 0.571. The van der Waals surface area contributed by atoms with Gasteiger partial charge in [0.25, 0.3) is 5.56 Å². The van der Waals surface area contributed by atoms with E-state index in [4.69, 9.17) is 5.73 Å². The molecule has 78 valence electrons. The van der Waals surface area contributed by atoms with E-state index in [1.165, 1.54) is 6.92 Å². The first kappa shape index (κ1) is 9.38. The van der Waals surface area contributed by atoms with Crippen molar-refractivity contribution >= 4 is 28.9 Å². The smallest absolute Gasteiger partial charge is 0.280 e. The van der Waals surface area contributed by atoms with Crippen LogP contribution in [0.5, 0.6) is 0 Å². The molecule has 0 saturated heterocycles. The Morgan fingerprint density at radius 3 is 2.93 bits per heavy atom. The van der Waals surface area contributed by atoms with Crippen molar-refractivity contribution in [1.82, 2.24) is 9.97 Å². The number of Topliss-reactive ketones (excluding diaryl/α,β-unsaturated/α-hetero) is 1. The molecular weight excluding hydrogens is 198 g/mol. The molecule has 1 aliphatic rings. The second-order valence-corrected chi connectivity index (χ2v) is 3.12. The van der Waals surface area contributed by atoms with Crippen molar-refractivity contribution in [3.63, 3.8) is 0 Å². The van der Waals surface area contributed by atoms with Gasteiger partial charge in [-0.05, 0) is 0 Å². The number of aromatic amines is 1. The number of H-pyrrole nitrogens is 1. The number of hydrogen-bond acceptors (Lipinski definition) is 6. The van der Waals surface area contributed by atoms with Gasteiger partial charge in [-0.15, -0.1) is 0 Å². The Kier molecular flexibility index (Phi) is 2.00. The average molecular weight is 207 g/mol. The third-order valence-corrected chi connectivity index (χ3v) is 1.99. The summed E-state index contributed by atoms with van der Waals surface area (Å²) in [5.41, 5.74) is 5.30. The maximum Gasteiger partial charge on any atom is 0.280 e. The summed E-state index contributed by atoms with van der Waals surface area (Å²) in [5.74, 6) is 0.151. The lowest BCUT2D eigenvalue weighted by Gasteiger charge is -2.14. The summed E-state index contributed by atoms with van der Waals surface area (Å²) in [7, 11) is 0. The lowest BCUT2D eigenvalue weighted by atomic mass is 10.2. The second-order valence-electron chi connectivity index (χ2n) is 3.12. The van der Waals surface area contributed by atoms with Crippen molar-refractivity contribution in [1.29, 1.82) is 0 Å². The van der Waals surface area contributed by atoms with E-state index in [0.717, 1.165) is 0 Å². The van der Waals surface area contributed by atoms with Crippen molar-refractivity contribution in [3.8, 4) is 0 Å². The summed E-state index contributed by atoms with van der Waals surface area (Å²) < 4.78 is 0. The maximum absolute atomic E-state index is 11.4. The summed E-state index contributed by atoms with van der Waals surface area (Å²) in [4.78, 5) is 32.6. The molecule has 1 aromatic rings. The van der Waals surface area contributed by atoms with Crippen LogP contribution in [-0.4, -0.2) is 28.0 Å². The molecule has 0 bridgehead atoms. The highest BCUT2D eigenvalue weighted by molar-refractivity contribution is 6.41. The van der Waals surface area contributed by atoms with Crippen LogP contribution in [0.1, 0.15) is 6.92 Å². The number of nitrogens with zero attached hydrogens (tertiary/aromatic N) is 2. The van der Waals surface area contributed by atoms with Crippen LogP contribution in [0.15, 0.2) is 9.79 Å². The first-order chi connectivity index (χ1) is 7.08. The van der Waals surface area contributed by atoms with E-state index in [0.29, 0.717) is 11.5 Å². The van der Waals surface area contributed by atoms with Gasteiger partial charge in [0, 0.05) is 6.92 Å². The van der Waals surface area contributed by atoms with Crippen molar-refractivity contribution in [2.45, 2.75) is 6.92 Å². The molecule has 1 aliphatic heterocycles. The molecule has 2 heterocycles. The first-order valence-electron chi connectivity index (χ1n) is 4.30. The minimum Gasteiger partial charge on any atom is -0.369 e. The summed E-state index contributed by atoms with van der Waals surface area (Å²) >= 11 is 0. The number of carbonyl (C=O) groups excluding carboxylic acids is 1. The van der Waals surface area contributed by atoms with E-state index in [9.17, 15) is 9.59 Å². The van der Waals surface area contributed by atoms with E-state index in [1.54, 1.807) is 0 Å². The van der Waals surface area contributed by atoms with Crippen LogP contribution in [0.2, 0.25) is 0 Å². The molecule has 0 fully saturated rings. The van der Waals surface area contributed by atoms with Crippen LogP contribution in [0.4, 0.5) is 17.5 Å². The van der Waals surface area contributed by atoms with Crippen molar-refractivity contribution < 1.29 is 4.79 Å². The number of rotatable bonds is 1. The van der Waals surface area contributed by atoms with E-state index in [-0.39, 0.29) is 24.0 Å². The summed E-state index contributed by atoms with van der Waals surface area (Å²) in [6, 6.07) is 0. The number of anilines is 2. The number of nitrogens with two attached hydrogens (primary N) is 1. The largest absolute Gasteiger partial charge is 0.369 e. The number of fused-ring (bicyclic) bond motifs is 1. The number of nitrogen functional groups attached to an aromatic ring is 1. The second kappa shape index (κ2) is 3.19. The Hall–Kier alpha value is -2.18. The Morgan fingerprint density at radius 1 is 1.53 bits per heavy atom. The van der Waals surface area contributed by atoms with Crippen LogP contribution >= 0.6 is 0 Å². The van der Waals surface area contributed by atoms with E-state index < -0.39 is 5.56 Å². The topological polar surface area (TPSA) is 113 Å². The van der Waals surface area contributed by atoms with Crippen molar-refractivity contribution in [2.24, 2.45) is 4.99 Å². The highest BCUT2D eigenvalue weighted by Gasteiger charge is 2.18. The highest BCUT2D eigenvalue weighted by atomic mass is 16.1. The first-order valence-corrected chi connectivity index (χ1v) is 4.30. The van der Waals surface area contributed by atoms with Crippen LogP contribution in [0.3, 0.4) is 0 Å². The summed E-state index contributed by atoms with van der Waals surface area (Å²) in [6.45, 7) is 1.66. The number of aromatic nitrogens is 2. The molecule has 0 spiro atoms. The van der Waals surface area contributed by atoms with Gasteiger partial charge in [0.05, 0.1) is 6.54 Å². The molecule has 0 aromatic carbocycles. The predicted octanol–water partition coefficient (Wildman–Crippen LogP) is -0.561. The monoisotopic (exact) mass is 207 g/mol. The zero-order chi connectivity index (χ0) is 11.0. The SMILES string of the molecule is CC(=O)C1=Nc2c(nc(N)[nH]c2=O)NC1. The van der Waals surface area contributed by atoms with Gasteiger partial charge < -0.3 is 11.1 Å².